The normalized spacial score (nSPS) is 19.1. The second-order valence-electron chi connectivity index (χ2n) is 7.92. The number of carbonyl (C=O) groups excluding carboxylic acids is 2. The van der Waals surface area contributed by atoms with Crippen molar-refractivity contribution >= 4 is 17.8 Å². The number of aromatic nitrogens is 2. The van der Waals surface area contributed by atoms with Crippen LogP contribution in [0.3, 0.4) is 0 Å². The Hall–Kier alpha value is -3.01. The highest BCUT2D eigenvalue weighted by molar-refractivity contribution is 5.91. The second-order valence-corrected chi connectivity index (χ2v) is 7.92. The third-order valence-electron chi connectivity index (χ3n) is 5.16. The third kappa shape index (κ3) is 6.74. The number of amides is 2. The van der Waals surface area contributed by atoms with Crippen LogP contribution in [0.25, 0.3) is 0 Å². The fraction of sp³-hybridized carbons (Fsp3) is 0.476. The van der Waals surface area contributed by atoms with Gasteiger partial charge in [0, 0.05) is 36.9 Å². The summed E-state index contributed by atoms with van der Waals surface area (Å²) in [6.45, 7) is 2.15. The summed E-state index contributed by atoms with van der Waals surface area (Å²) in [7, 11) is 0. The molecule has 31 heavy (non-hydrogen) atoms. The molecule has 0 radical (unpaired) electrons. The third-order valence-corrected chi connectivity index (χ3v) is 5.16. The SMILES string of the molecule is CC(CO)CNC(=O)O[C@@H]1CC[C@H](c2cc(NC(=O)Cc3cc(F)cc(F)c3)n[nH]2)C1. The molecular formula is C21H26F2N4O4. The van der Waals surface area contributed by atoms with E-state index >= 15 is 0 Å². The molecule has 1 aliphatic rings. The Balaban J connectivity index is 1.47. The minimum absolute atomic E-state index is 0.0103. The standard InChI is InChI=1S/C21H26F2N4O4/c1-12(11-28)10-24-21(30)31-17-3-2-14(7-17)18-9-19(27-26-18)25-20(29)6-13-4-15(22)8-16(23)5-13/h4-5,8-9,12,14,17,28H,2-3,6-7,10-11H2,1H3,(H,24,30)(H2,25,26,27,29)/t12?,14-,17+/m0/s1. The van der Waals surface area contributed by atoms with Crippen LogP contribution in [-0.2, 0) is 16.0 Å². The lowest BCUT2D eigenvalue weighted by Gasteiger charge is -2.14. The quantitative estimate of drug-likeness (QED) is 0.508. The first kappa shape index (κ1) is 22.7. The van der Waals surface area contributed by atoms with Crippen LogP contribution in [0.1, 0.15) is 43.4 Å². The molecule has 4 N–H and O–H groups in total. The molecule has 3 atom stereocenters. The lowest BCUT2D eigenvalue weighted by Crippen LogP contribution is -2.32. The van der Waals surface area contributed by atoms with Gasteiger partial charge in [-0.05, 0) is 42.9 Å². The fourth-order valence-electron chi connectivity index (χ4n) is 3.54. The maximum absolute atomic E-state index is 13.3. The van der Waals surface area contributed by atoms with Crippen LogP contribution in [-0.4, -0.2) is 46.6 Å². The smallest absolute Gasteiger partial charge is 0.407 e. The van der Waals surface area contributed by atoms with E-state index in [1.807, 2.05) is 6.92 Å². The Morgan fingerprint density at radius 3 is 2.71 bits per heavy atom. The molecule has 0 bridgehead atoms. The molecule has 1 aromatic carbocycles. The summed E-state index contributed by atoms with van der Waals surface area (Å²) in [6.07, 6.45) is 1.22. The Kier molecular flexibility index (Phi) is 7.56. The molecule has 1 unspecified atom stereocenters. The van der Waals surface area contributed by atoms with Crippen molar-refractivity contribution in [3.05, 3.63) is 47.2 Å². The van der Waals surface area contributed by atoms with Crippen LogP contribution >= 0.6 is 0 Å². The highest BCUT2D eigenvalue weighted by Crippen LogP contribution is 2.35. The predicted molar refractivity (Wildman–Crippen MR) is 108 cm³/mol. The number of nitrogens with zero attached hydrogens (tertiary/aromatic N) is 1. The van der Waals surface area contributed by atoms with Gasteiger partial charge in [-0.2, -0.15) is 5.10 Å². The van der Waals surface area contributed by atoms with E-state index in [2.05, 4.69) is 20.8 Å². The molecule has 1 saturated carbocycles. The number of hydrogen-bond donors (Lipinski definition) is 4. The Labute approximate surface area is 178 Å². The number of anilines is 1. The number of benzene rings is 1. The van der Waals surface area contributed by atoms with E-state index in [0.717, 1.165) is 30.3 Å². The van der Waals surface area contributed by atoms with Gasteiger partial charge in [-0.1, -0.05) is 6.92 Å². The van der Waals surface area contributed by atoms with E-state index in [-0.39, 0.29) is 36.5 Å². The van der Waals surface area contributed by atoms with Crippen molar-refractivity contribution < 1.29 is 28.2 Å². The summed E-state index contributed by atoms with van der Waals surface area (Å²) in [5.74, 6) is -1.53. The number of hydrogen-bond acceptors (Lipinski definition) is 5. The van der Waals surface area contributed by atoms with Gasteiger partial charge >= 0.3 is 6.09 Å². The zero-order valence-corrected chi connectivity index (χ0v) is 17.2. The fourth-order valence-corrected chi connectivity index (χ4v) is 3.54. The zero-order chi connectivity index (χ0) is 22.4. The van der Waals surface area contributed by atoms with Gasteiger partial charge in [0.15, 0.2) is 5.82 Å². The lowest BCUT2D eigenvalue weighted by atomic mass is 10.0. The number of H-pyrrole nitrogens is 1. The number of carbonyl (C=O) groups is 2. The van der Waals surface area contributed by atoms with Gasteiger partial charge < -0.3 is 20.5 Å². The number of aliphatic hydroxyl groups excluding tert-OH is 1. The zero-order valence-electron chi connectivity index (χ0n) is 17.2. The summed E-state index contributed by atoms with van der Waals surface area (Å²) in [4.78, 5) is 24.0. The molecular weight excluding hydrogens is 410 g/mol. The van der Waals surface area contributed by atoms with Gasteiger partial charge in [0.1, 0.15) is 17.7 Å². The van der Waals surface area contributed by atoms with Crippen molar-refractivity contribution in [2.75, 3.05) is 18.5 Å². The Bertz CT molecular complexity index is 900. The van der Waals surface area contributed by atoms with Crippen molar-refractivity contribution in [1.82, 2.24) is 15.5 Å². The average Bonchev–Trinajstić information content (AvgIpc) is 3.34. The Morgan fingerprint density at radius 1 is 1.26 bits per heavy atom. The number of nitrogens with one attached hydrogen (secondary N) is 3. The number of rotatable bonds is 8. The first-order valence-corrected chi connectivity index (χ1v) is 10.2. The first-order chi connectivity index (χ1) is 14.8. The van der Waals surface area contributed by atoms with Crippen molar-refractivity contribution in [2.45, 2.75) is 44.6 Å². The highest BCUT2D eigenvalue weighted by atomic mass is 19.1. The lowest BCUT2D eigenvalue weighted by molar-refractivity contribution is -0.115. The summed E-state index contributed by atoms with van der Waals surface area (Å²) in [5.41, 5.74) is 1.04. The molecule has 10 heteroatoms. The van der Waals surface area contributed by atoms with Crippen LogP contribution in [0.2, 0.25) is 0 Å². The highest BCUT2D eigenvalue weighted by Gasteiger charge is 2.30. The minimum Gasteiger partial charge on any atom is -0.446 e. The maximum Gasteiger partial charge on any atom is 0.407 e. The molecule has 2 aromatic rings. The van der Waals surface area contributed by atoms with Crippen molar-refractivity contribution in [3.63, 3.8) is 0 Å². The van der Waals surface area contributed by atoms with E-state index in [1.165, 1.54) is 0 Å². The van der Waals surface area contributed by atoms with E-state index in [9.17, 15) is 18.4 Å². The molecule has 0 aliphatic heterocycles. The molecule has 1 aromatic heterocycles. The van der Waals surface area contributed by atoms with E-state index < -0.39 is 23.6 Å². The molecule has 168 valence electrons. The van der Waals surface area contributed by atoms with E-state index in [1.54, 1.807) is 6.07 Å². The van der Waals surface area contributed by atoms with Gasteiger partial charge in [-0.3, -0.25) is 9.89 Å². The van der Waals surface area contributed by atoms with Crippen molar-refractivity contribution in [2.24, 2.45) is 5.92 Å². The van der Waals surface area contributed by atoms with Crippen LogP contribution in [0, 0.1) is 17.6 Å². The minimum atomic E-state index is -0.737. The van der Waals surface area contributed by atoms with Gasteiger partial charge in [-0.15, -0.1) is 0 Å². The summed E-state index contributed by atoms with van der Waals surface area (Å²) in [6, 6.07) is 4.68. The van der Waals surface area contributed by atoms with Gasteiger partial charge in [-0.25, -0.2) is 13.6 Å². The molecule has 1 aliphatic carbocycles. The van der Waals surface area contributed by atoms with Crippen LogP contribution in [0.5, 0.6) is 0 Å². The molecule has 2 amide bonds. The molecule has 1 heterocycles. The largest absolute Gasteiger partial charge is 0.446 e. The predicted octanol–water partition coefficient (Wildman–Crippen LogP) is 2.86. The number of halogens is 2. The number of alkyl carbamates (subject to hydrolysis) is 1. The van der Waals surface area contributed by atoms with Crippen LogP contribution in [0.15, 0.2) is 24.3 Å². The topological polar surface area (TPSA) is 116 Å². The average molecular weight is 436 g/mol. The van der Waals surface area contributed by atoms with Crippen molar-refractivity contribution in [1.29, 1.82) is 0 Å². The van der Waals surface area contributed by atoms with Gasteiger partial charge in [0.2, 0.25) is 5.91 Å². The monoisotopic (exact) mass is 436 g/mol. The number of aromatic amines is 1. The first-order valence-electron chi connectivity index (χ1n) is 10.2. The second kappa shape index (κ2) is 10.3. The molecule has 8 nitrogen and oxygen atoms in total. The molecule has 0 saturated heterocycles. The molecule has 3 rings (SSSR count). The van der Waals surface area contributed by atoms with E-state index in [4.69, 9.17) is 9.84 Å². The summed E-state index contributed by atoms with van der Waals surface area (Å²) in [5, 5.41) is 21.2. The number of ether oxygens (including phenoxy) is 1. The summed E-state index contributed by atoms with van der Waals surface area (Å²) >= 11 is 0. The summed E-state index contributed by atoms with van der Waals surface area (Å²) < 4.78 is 31.9. The van der Waals surface area contributed by atoms with Crippen LogP contribution in [0.4, 0.5) is 19.4 Å². The van der Waals surface area contributed by atoms with Crippen LogP contribution < -0.4 is 10.6 Å². The Morgan fingerprint density at radius 2 is 2.00 bits per heavy atom. The van der Waals surface area contributed by atoms with E-state index in [0.29, 0.717) is 25.2 Å². The van der Waals surface area contributed by atoms with Gasteiger partial charge in [0.25, 0.3) is 0 Å². The molecule has 1 fully saturated rings. The van der Waals surface area contributed by atoms with Gasteiger partial charge in [0.05, 0.1) is 6.42 Å². The van der Waals surface area contributed by atoms with Crippen molar-refractivity contribution in [3.8, 4) is 0 Å². The number of aliphatic hydroxyl groups is 1. The molecule has 0 spiro atoms. The maximum atomic E-state index is 13.3.